The highest BCUT2D eigenvalue weighted by molar-refractivity contribution is 5.78. The largest absolute Gasteiger partial charge is 0.376 e. The average Bonchev–Trinajstić information content (AvgIpc) is 2.80. The summed E-state index contributed by atoms with van der Waals surface area (Å²) in [6.07, 6.45) is 3.08. The minimum absolute atomic E-state index is 0.335. The molecule has 2 aromatic carbocycles. The summed E-state index contributed by atoms with van der Waals surface area (Å²) >= 11 is 0. The van der Waals surface area contributed by atoms with Gasteiger partial charge in [0.25, 0.3) is 0 Å². The van der Waals surface area contributed by atoms with Crippen LogP contribution >= 0.6 is 0 Å². The van der Waals surface area contributed by atoms with Crippen LogP contribution in [0.2, 0.25) is 0 Å². The first-order chi connectivity index (χ1) is 10.2. The van der Waals surface area contributed by atoms with Crippen LogP contribution < -0.4 is 0 Å². The zero-order chi connectivity index (χ0) is 14.4. The van der Waals surface area contributed by atoms with Gasteiger partial charge in [0, 0.05) is 22.9 Å². The molecular formula is C17H11FN2O. The predicted molar refractivity (Wildman–Crippen MR) is 76.0 cm³/mol. The number of fused-ring (bicyclic) bond motifs is 3. The van der Waals surface area contributed by atoms with Gasteiger partial charge in [0.2, 0.25) is 0 Å². The summed E-state index contributed by atoms with van der Waals surface area (Å²) in [5, 5.41) is 11.4. The van der Waals surface area contributed by atoms with Crippen LogP contribution in [0.15, 0.2) is 61.1 Å². The molecule has 1 heterocycles. The van der Waals surface area contributed by atoms with Crippen LogP contribution in [0.3, 0.4) is 0 Å². The van der Waals surface area contributed by atoms with E-state index in [9.17, 15) is 9.50 Å². The van der Waals surface area contributed by atoms with Crippen LogP contribution in [0.25, 0.3) is 11.3 Å². The fourth-order valence-electron chi connectivity index (χ4n) is 2.96. The van der Waals surface area contributed by atoms with Gasteiger partial charge in [-0.15, -0.1) is 0 Å². The third kappa shape index (κ3) is 1.56. The number of halogens is 1. The molecule has 0 radical (unpaired) electrons. The van der Waals surface area contributed by atoms with Gasteiger partial charge in [-0.05, 0) is 17.7 Å². The van der Waals surface area contributed by atoms with Crippen LogP contribution in [0, 0.1) is 5.82 Å². The molecule has 1 atom stereocenters. The monoisotopic (exact) mass is 278 g/mol. The Morgan fingerprint density at radius 1 is 0.952 bits per heavy atom. The smallest absolute Gasteiger partial charge is 0.144 e. The van der Waals surface area contributed by atoms with Gasteiger partial charge in [0.05, 0.1) is 5.69 Å². The minimum atomic E-state index is -1.35. The summed E-state index contributed by atoms with van der Waals surface area (Å²) in [6, 6.07) is 13.4. The molecule has 4 heteroatoms. The van der Waals surface area contributed by atoms with E-state index in [0.717, 1.165) is 11.1 Å². The van der Waals surface area contributed by atoms with Crippen molar-refractivity contribution in [3.8, 4) is 11.3 Å². The van der Waals surface area contributed by atoms with E-state index >= 15 is 0 Å². The first kappa shape index (κ1) is 12.2. The van der Waals surface area contributed by atoms with Crippen molar-refractivity contribution in [1.82, 2.24) is 9.97 Å². The highest BCUT2D eigenvalue weighted by Crippen LogP contribution is 2.49. The Hall–Kier alpha value is -2.59. The van der Waals surface area contributed by atoms with Crippen molar-refractivity contribution in [2.75, 3.05) is 0 Å². The number of hydrogen-bond donors (Lipinski definition) is 1. The molecule has 1 N–H and O–H groups in total. The molecular weight excluding hydrogens is 267 g/mol. The van der Waals surface area contributed by atoms with E-state index in [1.807, 2.05) is 24.3 Å². The lowest BCUT2D eigenvalue weighted by Gasteiger charge is -2.25. The van der Waals surface area contributed by atoms with Gasteiger partial charge in [0.1, 0.15) is 17.7 Å². The molecule has 1 aliphatic rings. The maximum Gasteiger partial charge on any atom is 0.144 e. The molecule has 0 saturated heterocycles. The lowest BCUT2D eigenvalue weighted by atomic mass is 9.85. The topological polar surface area (TPSA) is 46.0 Å². The Morgan fingerprint density at radius 3 is 2.52 bits per heavy atom. The summed E-state index contributed by atoms with van der Waals surface area (Å²) < 4.78 is 13.2. The van der Waals surface area contributed by atoms with Gasteiger partial charge >= 0.3 is 0 Å². The van der Waals surface area contributed by atoms with E-state index in [1.165, 1.54) is 18.5 Å². The second-order valence-electron chi connectivity index (χ2n) is 5.05. The quantitative estimate of drug-likeness (QED) is 0.744. The third-order valence-corrected chi connectivity index (χ3v) is 3.94. The molecule has 0 amide bonds. The van der Waals surface area contributed by atoms with Gasteiger partial charge in [-0.2, -0.15) is 0 Å². The van der Waals surface area contributed by atoms with Gasteiger partial charge in [-0.25, -0.2) is 14.4 Å². The molecule has 3 aromatic rings. The van der Waals surface area contributed by atoms with Crippen LogP contribution in [-0.4, -0.2) is 15.1 Å². The van der Waals surface area contributed by atoms with E-state index < -0.39 is 5.60 Å². The molecule has 0 spiro atoms. The van der Waals surface area contributed by atoms with Crippen molar-refractivity contribution in [2.45, 2.75) is 5.60 Å². The molecule has 21 heavy (non-hydrogen) atoms. The number of nitrogens with zero attached hydrogens (tertiary/aromatic N) is 2. The summed E-state index contributed by atoms with van der Waals surface area (Å²) in [6.45, 7) is 0. The molecule has 1 aromatic heterocycles. The fraction of sp³-hybridized carbons (Fsp3) is 0.0588. The molecule has 0 aliphatic heterocycles. The van der Waals surface area contributed by atoms with E-state index in [4.69, 9.17) is 0 Å². The number of aliphatic hydroxyl groups is 1. The van der Waals surface area contributed by atoms with Gasteiger partial charge in [-0.3, -0.25) is 0 Å². The first-order valence-corrected chi connectivity index (χ1v) is 6.60. The summed E-state index contributed by atoms with van der Waals surface area (Å²) in [5.74, 6) is -0.335. The number of aromatic nitrogens is 2. The summed E-state index contributed by atoms with van der Waals surface area (Å²) in [4.78, 5) is 8.33. The van der Waals surface area contributed by atoms with Gasteiger partial charge in [-0.1, -0.05) is 36.4 Å². The Morgan fingerprint density at radius 2 is 1.71 bits per heavy atom. The number of rotatable bonds is 1. The molecule has 1 aliphatic carbocycles. The van der Waals surface area contributed by atoms with E-state index in [2.05, 4.69) is 9.97 Å². The van der Waals surface area contributed by atoms with Crippen molar-refractivity contribution < 1.29 is 9.50 Å². The third-order valence-electron chi connectivity index (χ3n) is 3.94. The highest BCUT2D eigenvalue weighted by atomic mass is 19.1. The Balaban J connectivity index is 2.06. The second kappa shape index (κ2) is 4.20. The van der Waals surface area contributed by atoms with Crippen molar-refractivity contribution in [1.29, 1.82) is 0 Å². The van der Waals surface area contributed by atoms with Crippen LogP contribution in [0.1, 0.15) is 16.7 Å². The Labute approximate surface area is 120 Å². The van der Waals surface area contributed by atoms with E-state index in [-0.39, 0.29) is 5.82 Å². The lowest BCUT2D eigenvalue weighted by Crippen LogP contribution is -2.26. The predicted octanol–water partition coefficient (Wildman–Crippen LogP) is 2.88. The van der Waals surface area contributed by atoms with Gasteiger partial charge < -0.3 is 5.11 Å². The maximum absolute atomic E-state index is 13.2. The molecule has 0 saturated carbocycles. The van der Waals surface area contributed by atoms with Crippen LogP contribution in [0.5, 0.6) is 0 Å². The molecule has 3 nitrogen and oxygen atoms in total. The normalized spacial score (nSPS) is 19.1. The fourth-order valence-corrected chi connectivity index (χ4v) is 2.96. The van der Waals surface area contributed by atoms with Gasteiger partial charge in [0.15, 0.2) is 0 Å². The molecule has 102 valence electrons. The zero-order valence-corrected chi connectivity index (χ0v) is 11.0. The maximum atomic E-state index is 13.2. The average molecular weight is 278 g/mol. The van der Waals surface area contributed by atoms with Crippen molar-refractivity contribution in [3.63, 3.8) is 0 Å². The minimum Gasteiger partial charge on any atom is -0.376 e. The van der Waals surface area contributed by atoms with E-state index in [0.29, 0.717) is 16.8 Å². The lowest BCUT2D eigenvalue weighted by molar-refractivity contribution is 0.130. The van der Waals surface area contributed by atoms with Crippen molar-refractivity contribution in [2.24, 2.45) is 0 Å². The van der Waals surface area contributed by atoms with Crippen molar-refractivity contribution in [3.05, 3.63) is 83.6 Å². The molecule has 4 rings (SSSR count). The Kier molecular flexibility index (Phi) is 2.43. The number of benzene rings is 2. The second-order valence-corrected chi connectivity index (χ2v) is 5.05. The SMILES string of the molecule is OC1(c2ccc(F)cc2)c2ccccc2-c2ncncc21. The van der Waals surface area contributed by atoms with E-state index in [1.54, 1.807) is 18.3 Å². The summed E-state index contributed by atoms with van der Waals surface area (Å²) in [7, 11) is 0. The molecule has 1 unspecified atom stereocenters. The highest BCUT2D eigenvalue weighted by Gasteiger charge is 2.44. The molecule has 0 fully saturated rings. The Bertz CT molecular complexity index is 785. The number of hydrogen-bond acceptors (Lipinski definition) is 3. The van der Waals surface area contributed by atoms with Crippen molar-refractivity contribution >= 4 is 0 Å². The first-order valence-electron chi connectivity index (χ1n) is 6.60. The zero-order valence-electron chi connectivity index (χ0n) is 11.0. The summed E-state index contributed by atoms with van der Waals surface area (Å²) in [5.41, 5.74) is 2.21. The molecule has 0 bridgehead atoms. The van der Waals surface area contributed by atoms with Crippen LogP contribution in [-0.2, 0) is 5.60 Å². The van der Waals surface area contributed by atoms with Crippen LogP contribution in [0.4, 0.5) is 4.39 Å². The standard InChI is InChI=1S/C17H11FN2O/c18-12-7-5-11(6-8-12)17(21)14-4-2-1-3-13(14)16-15(17)9-19-10-20-16/h1-10,21H.